The molecule has 1 aliphatic carbocycles. The highest BCUT2D eigenvalue weighted by Gasteiger charge is 2.36. The Morgan fingerprint density at radius 1 is 1.35 bits per heavy atom. The molecule has 1 amide bonds. The maximum Gasteiger partial charge on any atom is 0.274 e. The predicted octanol–water partition coefficient (Wildman–Crippen LogP) is 3.03. The van der Waals surface area contributed by atoms with E-state index in [9.17, 15) is 4.79 Å². The Hall–Kier alpha value is -0.840. The third kappa shape index (κ3) is 3.08. The zero-order valence-electron chi connectivity index (χ0n) is 11.0. The summed E-state index contributed by atoms with van der Waals surface area (Å²) in [4.78, 5) is 18.6. The number of ether oxygens (including phenoxy) is 1. The van der Waals surface area contributed by atoms with Crippen molar-refractivity contribution in [1.82, 2.24) is 9.88 Å². The van der Waals surface area contributed by atoms with Crippen LogP contribution in [-0.4, -0.2) is 41.6 Å². The Bertz CT molecular complexity index is 514. The summed E-state index contributed by atoms with van der Waals surface area (Å²) in [7, 11) is 0. The van der Waals surface area contributed by atoms with E-state index in [4.69, 9.17) is 27.9 Å². The topological polar surface area (TPSA) is 42.4 Å². The molecule has 0 spiro atoms. The fourth-order valence-electron chi connectivity index (χ4n) is 2.49. The van der Waals surface area contributed by atoms with Gasteiger partial charge in [0, 0.05) is 25.1 Å². The first-order valence-electron chi connectivity index (χ1n) is 6.86. The summed E-state index contributed by atoms with van der Waals surface area (Å²) in [5.41, 5.74) is 0.255. The molecule has 1 unspecified atom stereocenters. The van der Waals surface area contributed by atoms with Gasteiger partial charge >= 0.3 is 0 Å². The van der Waals surface area contributed by atoms with Crippen LogP contribution in [0.15, 0.2) is 12.1 Å². The first-order chi connectivity index (χ1) is 9.65. The van der Waals surface area contributed by atoms with Crippen molar-refractivity contribution in [1.29, 1.82) is 0 Å². The highest BCUT2D eigenvalue weighted by Crippen LogP contribution is 2.31. The number of aromatic nitrogens is 1. The summed E-state index contributed by atoms with van der Waals surface area (Å²) in [5, 5.41) is 0.644. The predicted molar refractivity (Wildman–Crippen MR) is 77.2 cm³/mol. The molecule has 2 aliphatic rings. The minimum atomic E-state index is -0.119. The number of nitrogens with zero attached hydrogens (tertiary/aromatic N) is 2. The molecular weight excluding hydrogens is 299 g/mol. The normalized spacial score (nSPS) is 22.0. The van der Waals surface area contributed by atoms with Crippen LogP contribution >= 0.6 is 23.2 Å². The number of pyridine rings is 1. The van der Waals surface area contributed by atoms with Crippen molar-refractivity contribution < 1.29 is 9.53 Å². The summed E-state index contributed by atoms with van der Waals surface area (Å²) in [6, 6.07) is 3.53. The van der Waals surface area contributed by atoms with Crippen LogP contribution in [0.2, 0.25) is 10.2 Å². The maximum atomic E-state index is 12.7. The van der Waals surface area contributed by atoms with E-state index < -0.39 is 0 Å². The van der Waals surface area contributed by atoms with E-state index in [1.807, 2.05) is 4.90 Å². The van der Waals surface area contributed by atoms with Crippen LogP contribution in [0.5, 0.6) is 0 Å². The van der Waals surface area contributed by atoms with Gasteiger partial charge in [0.05, 0.1) is 11.6 Å². The Morgan fingerprint density at radius 2 is 2.15 bits per heavy atom. The summed E-state index contributed by atoms with van der Waals surface area (Å²) in [6.07, 6.45) is 3.11. The molecule has 2 heterocycles. The lowest BCUT2D eigenvalue weighted by molar-refractivity contribution is 0.0700. The minimum absolute atomic E-state index is 0.119. The van der Waals surface area contributed by atoms with Crippen LogP contribution in [0.3, 0.4) is 0 Å². The number of carbonyl (C=O) groups is 1. The quantitative estimate of drug-likeness (QED) is 0.802. The number of rotatable bonds is 4. The molecule has 0 aromatic carbocycles. The van der Waals surface area contributed by atoms with Crippen LogP contribution < -0.4 is 0 Å². The molecule has 3 rings (SSSR count). The molecule has 1 saturated carbocycles. The van der Waals surface area contributed by atoms with Crippen LogP contribution in [0.4, 0.5) is 0 Å². The van der Waals surface area contributed by atoms with E-state index in [-0.39, 0.29) is 16.8 Å². The molecular formula is C14H16Cl2N2O2. The summed E-state index contributed by atoms with van der Waals surface area (Å²) in [5.74, 6) is 0.296. The van der Waals surface area contributed by atoms with Gasteiger partial charge in [0.2, 0.25) is 0 Å². The first kappa shape index (κ1) is 14.1. The highest BCUT2D eigenvalue weighted by molar-refractivity contribution is 6.34. The van der Waals surface area contributed by atoms with Gasteiger partial charge in [0.25, 0.3) is 5.91 Å². The van der Waals surface area contributed by atoms with Gasteiger partial charge in [-0.1, -0.05) is 23.2 Å². The van der Waals surface area contributed by atoms with Crippen molar-refractivity contribution in [2.45, 2.75) is 25.3 Å². The molecule has 1 aromatic rings. The second kappa shape index (κ2) is 5.88. The van der Waals surface area contributed by atoms with Crippen molar-refractivity contribution in [3.05, 3.63) is 28.0 Å². The molecule has 6 heteroatoms. The Labute approximate surface area is 128 Å². The Morgan fingerprint density at radius 3 is 2.80 bits per heavy atom. The van der Waals surface area contributed by atoms with Crippen molar-refractivity contribution in [3.63, 3.8) is 0 Å². The number of hydrogen-bond acceptors (Lipinski definition) is 3. The SMILES string of the molecule is O=C(c1nc(Cl)ccc1Cl)N(CC1CCOC1)C1CC1. The largest absolute Gasteiger partial charge is 0.381 e. The summed E-state index contributed by atoms with van der Waals surface area (Å²) < 4.78 is 5.39. The molecule has 108 valence electrons. The van der Waals surface area contributed by atoms with E-state index in [1.165, 1.54) is 0 Å². The molecule has 2 fully saturated rings. The van der Waals surface area contributed by atoms with E-state index >= 15 is 0 Å². The summed E-state index contributed by atoms with van der Waals surface area (Å²) in [6.45, 7) is 2.23. The van der Waals surface area contributed by atoms with E-state index in [2.05, 4.69) is 4.98 Å². The van der Waals surface area contributed by atoms with Gasteiger partial charge in [-0.15, -0.1) is 0 Å². The fraction of sp³-hybridized carbons (Fsp3) is 0.571. The highest BCUT2D eigenvalue weighted by atomic mass is 35.5. The maximum absolute atomic E-state index is 12.7. The monoisotopic (exact) mass is 314 g/mol. The van der Waals surface area contributed by atoms with Gasteiger partial charge in [-0.05, 0) is 31.4 Å². The van der Waals surface area contributed by atoms with Gasteiger partial charge in [0.15, 0.2) is 0 Å². The number of hydrogen-bond donors (Lipinski definition) is 0. The Balaban J connectivity index is 1.79. The minimum Gasteiger partial charge on any atom is -0.381 e. The zero-order chi connectivity index (χ0) is 14.1. The van der Waals surface area contributed by atoms with Gasteiger partial charge in [-0.25, -0.2) is 4.98 Å². The van der Waals surface area contributed by atoms with E-state index in [1.54, 1.807) is 12.1 Å². The van der Waals surface area contributed by atoms with Crippen LogP contribution in [-0.2, 0) is 4.74 Å². The molecule has 1 saturated heterocycles. The molecule has 1 aromatic heterocycles. The molecule has 1 atom stereocenters. The van der Waals surface area contributed by atoms with Crippen LogP contribution in [0, 0.1) is 5.92 Å². The number of amides is 1. The average molecular weight is 315 g/mol. The molecule has 1 aliphatic heterocycles. The van der Waals surface area contributed by atoms with E-state index in [0.717, 1.165) is 32.5 Å². The third-order valence-electron chi connectivity index (χ3n) is 3.74. The van der Waals surface area contributed by atoms with Gasteiger partial charge in [0.1, 0.15) is 10.8 Å². The number of halogens is 2. The standard InChI is InChI=1S/C14H16Cl2N2O2/c15-11-3-4-12(16)17-13(11)14(19)18(10-1-2-10)7-9-5-6-20-8-9/h3-4,9-10H,1-2,5-8H2. The first-order valence-corrected chi connectivity index (χ1v) is 7.61. The van der Waals surface area contributed by atoms with Crippen molar-refractivity contribution in [2.24, 2.45) is 5.92 Å². The smallest absolute Gasteiger partial charge is 0.274 e. The molecule has 0 N–H and O–H groups in total. The average Bonchev–Trinajstić information content (AvgIpc) is 3.15. The second-order valence-corrected chi connectivity index (χ2v) is 6.18. The van der Waals surface area contributed by atoms with E-state index in [0.29, 0.717) is 23.5 Å². The van der Waals surface area contributed by atoms with Crippen LogP contribution in [0.25, 0.3) is 0 Å². The van der Waals surface area contributed by atoms with Gasteiger partial charge < -0.3 is 9.64 Å². The molecule has 4 nitrogen and oxygen atoms in total. The third-order valence-corrected chi connectivity index (χ3v) is 4.26. The van der Waals surface area contributed by atoms with Crippen molar-refractivity contribution >= 4 is 29.1 Å². The lowest BCUT2D eigenvalue weighted by Crippen LogP contribution is -2.38. The van der Waals surface area contributed by atoms with Crippen molar-refractivity contribution in [3.8, 4) is 0 Å². The zero-order valence-corrected chi connectivity index (χ0v) is 12.5. The summed E-state index contributed by atoms with van der Waals surface area (Å²) >= 11 is 12.0. The van der Waals surface area contributed by atoms with Crippen molar-refractivity contribution in [2.75, 3.05) is 19.8 Å². The lowest BCUT2D eigenvalue weighted by Gasteiger charge is -2.25. The van der Waals surface area contributed by atoms with Gasteiger partial charge in [-0.3, -0.25) is 4.79 Å². The van der Waals surface area contributed by atoms with Gasteiger partial charge in [-0.2, -0.15) is 0 Å². The Kier molecular flexibility index (Phi) is 4.15. The second-order valence-electron chi connectivity index (χ2n) is 5.38. The lowest BCUT2D eigenvalue weighted by atomic mass is 10.1. The fourth-order valence-corrected chi connectivity index (χ4v) is 2.83. The number of carbonyl (C=O) groups excluding carboxylic acids is 1. The van der Waals surface area contributed by atoms with Crippen LogP contribution in [0.1, 0.15) is 29.8 Å². The molecule has 0 bridgehead atoms. The molecule has 20 heavy (non-hydrogen) atoms. The molecule has 0 radical (unpaired) electrons.